The van der Waals surface area contributed by atoms with Gasteiger partial charge in [0.25, 0.3) is 0 Å². The highest BCUT2D eigenvalue weighted by Gasteiger charge is 2.58. The Labute approximate surface area is 188 Å². The first-order valence-electron chi connectivity index (χ1n) is 12.0. The van der Waals surface area contributed by atoms with Crippen molar-refractivity contribution in [1.29, 1.82) is 0 Å². The first-order valence-corrected chi connectivity index (χ1v) is 12.0. The van der Waals surface area contributed by atoms with Crippen LogP contribution in [0.1, 0.15) is 80.8 Å². The summed E-state index contributed by atoms with van der Waals surface area (Å²) in [6.45, 7) is 14.4. The third-order valence-electron chi connectivity index (χ3n) is 8.40. The fourth-order valence-corrected chi connectivity index (χ4v) is 6.24. The normalized spacial score (nSPS) is 30.4. The molecule has 166 valence electrons. The Balaban J connectivity index is 1.36. The quantitative estimate of drug-likeness (QED) is 0.687. The largest absolute Gasteiger partial charge is 0.390 e. The van der Waals surface area contributed by atoms with E-state index in [1.807, 2.05) is 0 Å². The average molecular weight is 419 g/mol. The second kappa shape index (κ2) is 6.93. The molecule has 3 aliphatic rings. The number of rotatable bonds is 3. The Hall–Kier alpha value is -1.64. The zero-order chi connectivity index (χ0) is 22.2. The molecule has 0 radical (unpaired) electrons. The van der Waals surface area contributed by atoms with Crippen LogP contribution >= 0.6 is 0 Å². The second-order valence-electron chi connectivity index (χ2n) is 12.3. The molecule has 31 heavy (non-hydrogen) atoms. The molecule has 0 saturated carbocycles. The van der Waals surface area contributed by atoms with Crippen molar-refractivity contribution in [2.24, 2.45) is 10.8 Å². The monoisotopic (exact) mass is 418 g/mol. The minimum atomic E-state index is -0.437. The minimum Gasteiger partial charge on any atom is -0.390 e. The van der Waals surface area contributed by atoms with Crippen molar-refractivity contribution in [1.82, 2.24) is 0 Å². The van der Waals surface area contributed by atoms with E-state index in [2.05, 4.69) is 77.9 Å². The summed E-state index contributed by atoms with van der Waals surface area (Å²) >= 11 is 0. The van der Waals surface area contributed by atoms with Crippen LogP contribution < -0.4 is 0 Å². The van der Waals surface area contributed by atoms with Crippen LogP contribution in [0.4, 0.5) is 0 Å². The van der Waals surface area contributed by atoms with Crippen LogP contribution in [0.5, 0.6) is 0 Å². The summed E-state index contributed by atoms with van der Waals surface area (Å²) in [4.78, 5) is 0. The molecule has 4 unspecified atom stereocenters. The molecule has 0 aromatic heterocycles. The van der Waals surface area contributed by atoms with Crippen LogP contribution in [0.2, 0.25) is 0 Å². The van der Waals surface area contributed by atoms with Gasteiger partial charge in [-0.05, 0) is 70.4 Å². The summed E-state index contributed by atoms with van der Waals surface area (Å²) in [6, 6.07) is 14.0. The van der Waals surface area contributed by atoms with E-state index < -0.39 is 6.10 Å². The number of ether oxygens (including phenoxy) is 1. The molecule has 1 heterocycles. The summed E-state index contributed by atoms with van der Waals surface area (Å²) in [6.07, 6.45) is 3.46. The molecule has 2 nitrogen and oxygen atoms in total. The molecule has 0 bridgehead atoms. The van der Waals surface area contributed by atoms with E-state index in [1.165, 1.54) is 33.4 Å². The van der Waals surface area contributed by atoms with Gasteiger partial charge in [0.15, 0.2) is 0 Å². The Morgan fingerprint density at radius 2 is 1.52 bits per heavy atom. The molecule has 1 N–H and O–H groups in total. The van der Waals surface area contributed by atoms with Gasteiger partial charge in [-0.25, -0.2) is 0 Å². The second-order valence-corrected chi connectivity index (χ2v) is 12.3. The highest BCUT2D eigenvalue weighted by molar-refractivity contribution is 5.43. The molecule has 1 spiro atoms. The highest BCUT2D eigenvalue weighted by Crippen LogP contribution is 2.53. The maximum atomic E-state index is 11.6. The van der Waals surface area contributed by atoms with Crippen LogP contribution in [-0.4, -0.2) is 23.9 Å². The molecule has 2 aromatic carbocycles. The van der Waals surface area contributed by atoms with Gasteiger partial charge in [0.2, 0.25) is 0 Å². The van der Waals surface area contributed by atoms with Gasteiger partial charge in [0.05, 0.1) is 18.8 Å². The van der Waals surface area contributed by atoms with Crippen LogP contribution in [0.15, 0.2) is 36.4 Å². The number of aliphatic hydroxyl groups excluding tert-OH is 1. The smallest absolute Gasteiger partial charge is 0.0924 e. The molecule has 2 heteroatoms. The standard InChI is InChI=1S/C29H38O2/c1-18(2)19-7-8-20-13-28(6,14-22(20)11-19)25(30)26-29(17-31-26)15-21-9-10-24(27(3,4)5)12-23(21)16-29/h7-12,18,25-26,30H,13-17H2,1-6H3. The van der Waals surface area contributed by atoms with Crippen molar-refractivity contribution in [3.8, 4) is 0 Å². The summed E-state index contributed by atoms with van der Waals surface area (Å²) in [5, 5.41) is 11.6. The lowest BCUT2D eigenvalue weighted by Crippen LogP contribution is -2.62. The van der Waals surface area contributed by atoms with Crippen molar-refractivity contribution in [3.05, 3.63) is 69.8 Å². The molecule has 2 aliphatic carbocycles. The Kier molecular flexibility index (Phi) is 4.74. The predicted octanol–water partition coefficient (Wildman–Crippen LogP) is 5.76. The van der Waals surface area contributed by atoms with Gasteiger partial charge < -0.3 is 9.84 Å². The molecular weight excluding hydrogens is 380 g/mol. The van der Waals surface area contributed by atoms with Gasteiger partial charge in [0.1, 0.15) is 0 Å². The zero-order valence-corrected chi connectivity index (χ0v) is 20.1. The fourth-order valence-electron chi connectivity index (χ4n) is 6.24. The number of aliphatic hydroxyl groups is 1. The summed E-state index contributed by atoms with van der Waals surface area (Å²) in [7, 11) is 0. The molecule has 2 aromatic rings. The summed E-state index contributed by atoms with van der Waals surface area (Å²) < 4.78 is 6.15. The highest BCUT2D eigenvalue weighted by atomic mass is 16.5. The molecule has 1 saturated heterocycles. The average Bonchev–Trinajstić information content (AvgIpc) is 3.24. The lowest BCUT2D eigenvalue weighted by atomic mass is 9.66. The number of hydrogen-bond acceptors (Lipinski definition) is 2. The maximum absolute atomic E-state index is 11.6. The van der Waals surface area contributed by atoms with Gasteiger partial charge in [-0.15, -0.1) is 0 Å². The minimum absolute atomic E-state index is 0.0677. The molecule has 5 rings (SSSR count). The fraction of sp³-hybridized carbons (Fsp3) is 0.586. The van der Waals surface area contributed by atoms with E-state index >= 15 is 0 Å². The Morgan fingerprint density at radius 1 is 0.903 bits per heavy atom. The lowest BCUT2D eigenvalue weighted by Gasteiger charge is -2.52. The van der Waals surface area contributed by atoms with Crippen LogP contribution in [-0.2, 0) is 35.8 Å². The van der Waals surface area contributed by atoms with Crippen LogP contribution in [0.25, 0.3) is 0 Å². The van der Waals surface area contributed by atoms with Crippen molar-refractivity contribution in [3.63, 3.8) is 0 Å². The van der Waals surface area contributed by atoms with E-state index in [4.69, 9.17) is 4.74 Å². The van der Waals surface area contributed by atoms with E-state index in [9.17, 15) is 5.11 Å². The number of benzene rings is 2. The van der Waals surface area contributed by atoms with E-state index in [0.29, 0.717) is 5.92 Å². The Bertz CT molecular complexity index is 1010. The van der Waals surface area contributed by atoms with Crippen molar-refractivity contribution in [2.45, 2.75) is 90.8 Å². The molecule has 1 fully saturated rings. The topological polar surface area (TPSA) is 29.5 Å². The lowest BCUT2D eigenvalue weighted by molar-refractivity contribution is -0.243. The number of hydrogen-bond donors (Lipinski definition) is 1. The third-order valence-corrected chi connectivity index (χ3v) is 8.40. The van der Waals surface area contributed by atoms with Crippen molar-refractivity contribution in [2.75, 3.05) is 6.61 Å². The van der Waals surface area contributed by atoms with E-state index in [1.54, 1.807) is 0 Å². The maximum Gasteiger partial charge on any atom is 0.0924 e. The SMILES string of the molecule is CC(C)c1ccc2c(c1)CC(C)(C(O)C1OCC13Cc1ccc(C(C)(C)C)cc1C3)C2. The van der Waals surface area contributed by atoms with Crippen LogP contribution in [0.3, 0.4) is 0 Å². The van der Waals surface area contributed by atoms with Crippen molar-refractivity contribution >= 4 is 0 Å². The Morgan fingerprint density at radius 3 is 2.16 bits per heavy atom. The summed E-state index contributed by atoms with van der Waals surface area (Å²) in [5.74, 6) is 0.537. The van der Waals surface area contributed by atoms with E-state index in [0.717, 1.165) is 32.3 Å². The molecule has 0 amide bonds. The number of fused-ring (bicyclic) bond motifs is 2. The zero-order valence-electron chi connectivity index (χ0n) is 20.1. The van der Waals surface area contributed by atoms with E-state index in [-0.39, 0.29) is 22.3 Å². The summed E-state index contributed by atoms with van der Waals surface area (Å²) in [5.41, 5.74) is 8.63. The first-order chi connectivity index (χ1) is 14.5. The first kappa shape index (κ1) is 21.2. The molecule has 1 aliphatic heterocycles. The third kappa shape index (κ3) is 3.38. The van der Waals surface area contributed by atoms with Gasteiger partial charge in [-0.1, -0.05) is 77.9 Å². The van der Waals surface area contributed by atoms with Gasteiger partial charge in [0, 0.05) is 10.8 Å². The molecular formula is C29H38O2. The molecule has 4 atom stereocenters. The van der Waals surface area contributed by atoms with Gasteiger partial charge in [-0.3, -0.25) is 0 Å². The van der Waals surface area contributed by atoms with Crippen LogP contribution in [0, 0.1) is 10.8 Å². The predicted molar refractivity (Wildman–Crippen MR) is 127 cm³/mol. The van der Waals surface area contributed by atoms with Crippen molar-refractivity contribution < 1.29 is 9.84 Å². The van der Waals surface area contributed by atoms with Gasteiger partial charge in [-0.2, -0.15) is 0 Å². The van der Waals surface area contributed by atoms with Gasteiger partial charge >= 0.3 is 0 Å².